The summed E-state index contributed by atoms with van der Waals surface area (Å²) < 4.78 is 39.1. The van der Waals surface area contributed by atoms with Crippen LogP contribution in [-0.4, -0.2) is 6.54 Å². The van der Waals surface area contributed by atoms with Crippen LogP contribution in [-0.2, 0) is 6.18 Å². The number of benzene rings is 1. The summed E-state index contributed by atoms with van der Waals surface area (Å²) in [6.45, 7) is 2.88. The van der Waals surface area contributed by atoms with Crippen molar-refractivity contribution in [3.05, 3.63) is 55.3 Å². The summed E-state index contributed by atoms with van der Waals surface area (Å²) in [5.41, 5.74) is 1.34. The van der Waals surface area contributed by atoms with E-state index in [1.54, 1.807) is 23.5 Å². The Bertz CT molecular complexity index is 577. The van der Waals surface area contributed by atoms with E-state index < -0.39 is 11.7 Å². The third kappa shape index (κ3) is 4.43. The molecule has 0 aliphatic rings. The van der Waals surface area contributed by atoms with Gasteiger partial charge in [0, 0.05) is 0 Å². The molecule has 0 amide bonds. The molecule has 0 aliphatic heterocycles. The molecule has 0 saturated carbocycles. The molecule has 2 rings (SSSR count). The van der Waals surface area contributed by atoms with Crippen molar-refractivity contribution in [1.82, 2.24) is 5.32 Å². The highest BCUT2D eigenvalue weighted by Gasteiger charge is 2.30. The quantitative estimate of drug-likeness (QED) is 0.628. The molecule has 1 nitrogen and oxygen atoms in total. The molecule has 0 bridgehead atoms. The fraction of sp³-hybridized carbons (Fsp3) is 0.333. The Morgan fingerprint density at radius 1 is 1.19 bits per heavy atom. The molecule has 0 saturated heterocycles. The fourth-order valence-electron chi connectivity index (χ4n) is 2.06. The van der Waals surface area contributed by atoms with E-state index in [4.69, 9.17) is 0 Å². The van der Waals surface area contributed by atoms with E-state index in [0.29, 0.717) is 0 Å². The molecular weight excluding hydrogens is 410 g/mol. The smallest absolute Gasteiger partial charge is 0.306 e. The molecule has 1 N–H and O–H groups in total. The van der Waals surface area contributed by atoms with E-state index in [2.05, 4.69) is 40.9 Å². The van der Waals surface area contributed by atoms with Gasteiger partial charge in [0.25, 0.3) is 0 Å². The average Bonchev–Trinajstić information content (AvgIpc) is 2.85. The molecule has 6 heteroatoms. The van der Waals surface area contributed by atoms with Crippen molar-refractivity contribution in [3.63, 3.8) is 0 Å². The second kappa shape index (κ2) is 7.11. The van der Waals surface area contributed by atoms with Crippen LogP contribution in [0.4, 0.5) is 13.2 Å². The highest BCUT2D eigenvalue weighted by atomic mass is 127. The summed E-state index contributed by atoms with van der Waals surface area (Å²) in [6.07, 6.45) is -3.32. The Hall–Kier alpha value is -0.600. The van der Waals surface area contributed by atoms with Crippen LogP contribution in [0, 0.1) is 2.88 Å². The van der Waals surface area contributed by atoms with Crippen LogP contribution in [0.2, 0.25) is 0 Å². The highest BCUT2D eigenvalue weighted by molar-refractivity contribution is 14.1. The molecule has 0 spiro atoms. The minimum atomic E-state index is -4.29. The van der Waals surface area contributed by atoms with E-state index in [1.165, 1.54) is 0 Å². The molecule has 1 aromatic carbocycles. The molecule has 1 unspecified atom stereocenters. The minimum Gasteiger partial charge on any atom is -0.306 e. The molecule has 0 aliphatic carbocycles. The third-order valence-electron chi connectivity index (χ3n) is 3.09. The summed E-state index contributed by atoms with van der Waals surface area (Å²) in [4.78, 5) is 0. The predicted octanol–water partition coefficient (Wildman–Crippen LogP) is 5.46. The van der Waals surface area contributed by atoms with Gasteiger partial charge in [0.2, 0.25) is 0 Å². The van der Waals surface area contributed by atoms with Crippen LogP contribution in [0.15, 0.2) is 35.7 Å². The average molecular weight is 425 g/mol. The van der Waals surface area contributed by atoms with Gasteiger partial charge in [-0.3, -0.25) is 0 Å². The van der Waals surface area contributed by atoms with Crippen molar-refractivity contribution in [3.8, 4) is 0 Å². The van der Waals surface area contributed by atoms with Crippen LogP contribution >= 0.6 is 33.9 Å². The van der Waals surface area contributed by atoms with Crippen LogP contribution < -0.4 is 5.32 Å². The van der Waals surface area contributed by atoms with Gasteiger partial charge in [-0.2, -0.15) is 13.2 Å². The molecule has 114 valence electrons. The molecular formula is C15H15F3INS. The summed E-state index contributed by atoms with van der Waals surface area (Å²) in [7, 11) is 0. The number of hydrogen-bond donors (Lipinski definition) is 1. The van der Waals surface area contributed by atoms with Crippen LogP contribution in [0.25, 0.3) is 0 Å². The fourth-order valence-corrected chi connectivity index (χ4v) is 3.45. The van der Waals surface area contributed by atoms with Gasteiger partial charge in [-0.25, -0.2) is 0 Å². The molecule has 1 aromatic heterocycles. The van der Waals surface area contributed by atoms with Crippen molar-refractivity contribution in [2.45, 2.75) is 25.6 Å². The van der Waals surface area contributed by atoms with Crippen molar-refractivity contribution in [1.29, 1.82) is 0 Å². The number of nitrogens with one attached hydrogen (secondary N) is 1. The van der Waals surface area contributed by atoms with Gasteiger partial charge < -0.3 is 5.32 Å². The summed E-state index contributed by atoms with van der Waals surface area (Å²) in [5, 5.41) is 5.44. The Kier molecular flexibility index (Phi) is 5.67. The van der Waals surface area contributed by atoms with Crippen LogP contribution in [0.1, 0.15) is 36.1 Å². The van der Waals surface area contributed by atoms with Gasteiger partial charge in [0.15, 0.2) is 0 Å². The Morgan fingerprint density at radius 2 is 1.86 bits per heavy atom. The van der Waals surface area contributed by atoms with E-state index >= 15 is 0 Å². The lowest BCUT2D eigenvalue weighted by Crippen LogP contribution is -2.22. The van der Waals surface area contributed by atoms with Gasteiger partial charge in [-0.15, -0.1) is 11.3 Å². The first kappa shape index (κ1) is 16.8. The van der Waals surface area contributed by atoms with Crippen LogP contribution in [0.5, 0.6) is 0 Å². The molecule has 0 fully saturated rings. The van der Waals surface area contributed by atoms with Crippen molar-refractivity contribution < 1.29 is 13.2 Å². The third-order valence-corrected chi connectivity index (χ3v) is 4.90. The van der Waals surface area contributed by atoms with E-state index in [0.717, 1.165) is 39.1 Å². The zero-order valence-corrected chi connectivity index (χ0v) is 14.3. The summed E-state index contributed by atoms with van der Waals surface area (Å²) in [6, 6.07) is 7.41. The number of alkyl halides is 3. The van der Waals surface area contributed by atoms with E-state index in [-0.39, 0.29) is 6.04 Å². The maximum Gasteiger partial charge on any atom is 0.416 e. The summed E-state index contributed by atoms with van der Waals surface area (Å²) >= 11 is 3.88. The normalized spacial score (nSPS) is 13.4. The number of thiophene rings is 1. The lowest BCUT2D eigenvalue weighted by molar-refractivity contribution is -0.137. The number of hydrogen-bond acceptors (Lipinski definition) is 2. The van der Waals surface area contributed by atoms with Gasteiger partial charge in [0.05, 0.1) is 14.5 Å². The second-order valence-electron chi connectivity index (χ2n) is 4.69. The molecule has 2 aromatic rings. The lowest BCUT2D eigenvalue weighted by Gasteiger charge is -2.19. The predicted molar refractivity (Wildman–Crippen MR) is 88.6 cm³/mol. The second-order valence-corrected chi connectivity index (χ2v) is 7.50. The zero-order valence-electron chi connectivity index (χ0n) is 11.4. The Balaban J connectivity index is 2.28. The van der Waals surface area contributed by atoms with Crippen molar-refractivity contribution >= 4 is 33.9 Å². The van der Waals surface area contributed by atoms with Gasteiger partial charge in [-0.05, 0) is 70.3 Å². The molecule has 21 heavy (non-hydrogen) atoms. The van der Waals surface area contributed by atoms with Gasteiger partial charge in [-0.1, -0.05) is 19.1 Å². The number of rotatable bonds is 5. The minimum absolute atomic E-state index is 0.0630. The largest absolute Gasteiger partial charge is 0.416 e. The maximum atomic E-state index is 12.6. The first-order chi connectivity index (χ1) is 9.91. The SMILES string of the molecule is CCCNC(c1ccc(C(F)(F)F)cc1)c1csc(I)c1. The lowest BCUT2D eigenvalue weighted by atomic mass is 9.99. The topological polar surface area (TPSA) is 12.0 Å². The maximum absolute atomic E-state index is 12.6. The first-order valence-corrected chi connectivity index (χ1v) is 8.52. The zero-order chi connectivity index (χ0) is 15.5. The Morgan fingerprint density at radius 3 is 2.33 bits per heavy atom. The van der Waals surface area contributed by atoms with E-state index in [9.17, 15) is 13.2 Å². The Labute approximate surface area is 139 Å². The monoisotopic (exact) mass is 425 g/mol. The molecule has 1 heterocycles. The van der Waals surface area contributed by atoms with E-state index in [1.807, 2.05) is 5.38 Å². The molecule has 1 atom stereocenters. The first-order valence-electron chi connectivity index (χ1n) is 6.56. The highest BCUT2D eigenvalue weighted by Crippen LogP contribution is 2.32. The number of halogens is 4. The summed E-state index contributed by atoms with van der Waals surface area (Å²) in [5.74, 6) is 0. The standard InChI is InChI=1S/C15H15F3INS/c1-2-7-20-14(11-8-13(19)21-9-11)10-3-5-12(6-4-10)15(16,17)18/h3-6,8-9,14,20H,2,7H2,1H3. The molecule has 0 radical (unpaired) electrons. The van der Waals surface area contributed by atoms with Gasteiger partial charge >= 0.3 is 6.18 Å². The van der Waals surface area contributed by atoms with Crippen molar-refractivity contribution in [2.75, 3.05) is 6.54 Å². The van der Waals surface area contributed by atoms with Gasteiger partial charge in [0.1, 0.15) is 0 Å². The van der Waals surface area contributed by atoms with Crippen molar-refractivity contribution in [2.24, 2.45) is 0 Å². The van der Waals surface area contributed by atoms with Crippen LogP contribution in [0.3, 0.4) is 0 Å².